The Hall–Kier alpha value is -0.460. The fraction of sp³-hybridized carbons (Fsp3) is 0.909. The van der Waals surface area contributed by atoms with E-state index in [0.717, 1.165) is 19.3 Å². The molecular weight excluding hydrogens is 344 g/mol. The molecule has 27 heavy (non-hydrogen) atoms. The van der Waals surface area contributed by atoms with Gasteiger partial charge < -0.3 is 24.8 Å². The Morgan fingerprint density at radius 2 is 1.56 bits per heavy atom. The molecule has 5 nitrogen and oxygen atoms in total. The lowest BCUT2D eigenvalue weighted by molar-refractivity contribution is -0.0730. The van der Waals surface area contributed by atoms with E-state index >= 15 is 0 Å². The molecule has 160 valence electrons. The van der Waals surface area contributed by atoms with E-state index in [1.807, 2.05) is 0 Å². The van der Waals surface area contributed by atoms with Crippen LogP contribution in [0.2, 0.25) is 0 Å². The fourth-order valence-corrected chi connectivity index (χ4v) is 3.50. The van der Waals surface area contributed by atoms with E-state index in [-0.39, 0.29) is 6.61 Å². The van der Waals surface area contributed by atoms with Crippen LogP contribution in [-0.2, 0) is 9.47 Å². The zero-order chi connectivity index (χ0) is 19.7. The molecule has 0 amide bonds. The molecule has 1 saturated heterocycles. The summed E-state index contributed by atoms with van der Waals surface area (Å²) >= 11 is 0. The second-order valence-electron chi connectivity index (χ2n) is 7.65. The Kier molecular flexibility index (Phi) is 15.0. The average molecular weight is 387 g/mol. The van der Waals surface area contributed by atoms with Crippen molar-refractivity contribution in [2.45, 2.75) is 108 Å². The van der Waals surface area contributed by atoms with E-state index < -0.39 is 31.0 Å². The molecule has 4 atom stereocenters. The normalized spacial score (nSPS) is 24.1. The molecule has 1 fully saturated rings. The van der Waals surface area contributed by atoms with E-state index in [4.69, 9.17) is 14.6 Å². The molecule has 0 aromatic carbocycles. The molecule has 0 radical (unpaired) electrons. The van der Waals surface area contributed by atoms with Crippen LogP contribution in [0.5, 0.6) is 0 Å². The molecule has 0 aliphatic carbocycles. The lowest BCUT2D eigenvalue weighted by atomic mass is 10.1. The molecule has 1 aliphatic rings. The molecule has 1 rings (SSSR count). The van der Waals surface area contributed by atoms with Crippen molar-refractivity contribution in [3.8, 4) is 0 Å². The van der Waals surface area contributed by atoms with Crippen LogP contribution in [0.1, 0.15) is 84.0 Å². The molecule has 0 spiro atoms. The number of rotatable bonds is 17. The first-order valence-electron chi connectivity index (χ1n) is 11.1. The minimum absolute atomic E-state index is 0.276. The van der Waals surface area contributed by atoms with Crippen LogP contribution < -0.4 is 0 Å². The summed E-state index contributed by atoms with van der Waals surface area (Å²) in [7, 11) is 0. The van der Waals surface area contributed by atoms with Gasteiger partial charge in [0.2, 0.25) is 0 Å². The van der Waals surface area contributed by atoms with Gasteiger partial charge in [-0.3, -0.25) is 0 Å². The highest BCUT2D eigenvalue weighted by Gasteiger charge is 2.40. The summed E-state index contributed by atoms with van der Waals surface area (Å²) in [5.41, 5.74) is 0. The highest BCUT2D eigenvalue weighted by Crippen LogP contribution is 2.20. The van der Waals surface area contributed by atoms with Crippen LogP contribution in [0, 0.1) is 0 Å². The topological polar surface area (TPSA) is 79.2 Å². The van der Waals surface area contributed by atoms with Gasteiger partial charge in [-0.2, -0.15) is 0 Å². The summed E-state index contributed by atoms with van der Waals surface area (Å²) in [6.45, 7) is 2.65. The van der Waals surface area contributed by atoms with Crippen LogP contribution in [0.15, 0.2) is 12.2 Å². The molecule has 1 heterocycles. The number of ether oxygens (including phenoxy) is 2. The fourth-order valence-electron chi connectivity index (χ4n) is 3.50. The summed E-state index contributed by atoms with van der Waals surface area (Å²) in [6, 6.07) is 0. The second kappa shape index (κ2) is 16.5. The van der Waals surface area contributed by atoms with E-state index in [1.165, 1.54) is 57.8 Å². The first-order chi connectivity index (χ1) is 13.2. The SMILES string of the molecule is CC/C=C/CCCCCCCCCCCCO[C@@H]1CO[C@H]([C@@H](O)CO)[C@@H]1O. The Bertz CT molecular complexity index is 361. The lowest BCUT2D eigenvalue weighted by Crippen LogP contribution is -2.41. The van der Waals surface area contributed by atoms with E-state index in [0.29, 0.717) is 6.61 Å². The lowest BCUT2D eigenvalue weighted by Gasteiger charge is -2.20. The van der Waals surface area contributed by atoms with Crippen molar-refractivity contribution in [1.29, 1.82) is 0 Å². The number of aliphatic hydroxyl groups is 3. The summed E-state index contributed by atoms with van der Waals surface area (Å²) in [6.07, 6.45) is 16.7. The number of hydrogen-bond acceptors (Lipinski definition) is 5. The number of unbranched alkanes of at least 4 members (excludes halogenated alkanes) is 10. The van der Waals surface area contributed by atoms with Crippen LogP contribution in [0.4, 0.5) is 0 Å². The minimum Gasteiger partial charge on any atom is -0.394 e. The molecule has 0 saturated carbocycles. The van der Waals surface area contributed by atoms with Crippen molar-refractivity contribution in [3.05, 3.63) is 12.2 Å². The van der Waals surface area contributed by atoms with Crippen molar-refractivity contribution < 1.29 is 24.8 Å². The van der Waals surface area contributed by atoms with E-state index in [1.54, 1.807) is 0 Å². The van der Waals surface area contributed by atoms with Crippen LogP contribution in [-0.4, -0.2) is 59.6 Å². The van der Waals surface area contributed by atoms with Gasteiger partial charge in [-0.1, -0.05) is 70.4 Å². The third-order valence-electron chi connectivity index (χ3n) is 5.24. The Morgan fingerprint density at radius 1 is 0.963 bits per heavy atom. The van der Waals surface area contributed by atoms with Crippen molar-refractivity contribution in [2.24, 2.45) is 0 Å². The largest absolute Gasteiger partial charge is 0.394 e. The van der Waals surface area contributed by atoms with Gasteiger partial charge in [0, 0.05) is 6.61 Å². The maximum atomic E-state index is 10.0. The summed E-state index contributed by atoms with van der Waals surface area (Å²) in [5, 5.41) is 28.5. The predicted octanol–water partition coefficient (Wildman–Crippen LogP) is 3.74. The van der Waals surface area contributed by atoms with Gasteiger partial charge in [0.25, 0.3) is 0 Å². The van der Waals surface area contributed by atoms with Gasteiger partial charge in [-0.25, -0.2) is 0 Å². The highest BCUT2D eigenvalue weighted by molar-refractivity contribution is 4.88. The van der Waals surface area contributed by atoms with Crippen LogP contribution >= 0.6 is 0 Å². The minimum atomic E-state index is -1.05. The first-order valence-corrected chi connectivity index (χ1v) is 11.1. The Balaban J connectivity index is 1.84. The third kappa shape index (κ3) is 11.2. The molecule has 0 bridgehead atoms. The third-order valence-corrected chi connectivity index (χ3v) is 5.24. The standard InChI is InChI=1S/C22H42O5/c1-2-3-4-5-6-7-8-9-10-11-12-13-14-15-16-26-20-18-27-22(21(20)25)19(24)17-23/h3-4,19-25H,2,5-18H2,1H3/b4-3+/t19-,20+,21+,22+/m0/s1. The van der Waals surface area contributed by atoms with Gasteiger partial charge in [0.15, 0.2) is 0 Å². The van der Waals surface area contributed by atoms with Gasteiger partial charge in [-0.05, 0) is 25.7 Å². The van der Waals surface area contributed by atoms with Gasteiger partial charge in [0.05, 0.1) is 13.2 Å². The van der Waals surface area contributed by atoms with Crippen molar-refractivity contribution in [1.82, 2.24) is 0 Å². The molecule has 0 aromatic rings. The van der Waals surface area contributed by atoms with Crippen LogP contribution in [0.3, 0.4) is 0 Å². The molecule has 1 aliphatic heterocycles. The quantitative estimate of drug-likeness (QED) is 0.262. The maximum Gasteiger partial charge on any atom is 0.114 e. The molecule has 3 N–H and O–H groups in total. The number of hydrogen-bond donors (Lipinski definition) is 3. The molecular formula is C22H42O5. The second-order valence-corrected chi connectivity index (χ2v) is 7.65. The zero-order valence-electron chi connectivity index (χ0n) is 17.2. The Morgan fingerprint density at radius 3 is 2.15 bits per heavy atom. The van der Waals surface area contributed by atoms with Gasteiger partial charge >= 0.3 is 0 Å². The van der Waals surface area contributed by atoms with Crippen molar-refractivity contribution in [2.75, 3.05) is 19.8 Å². The number of allylic oxidation sites excluding steroid dienone is 2. The maximum absolute atomic E-state index is 10.0. The van der Waals surface area contributed by atoms with Crippen molar-refractivity contribution in [3.63, 3.8) is 0 Å². The average Bonchev–Trinajstić information content (AvgIpc) is 3.04. The first kappa shape index (κ1) is 24.6. The molecule has 0 unspecified atom stereocenters. The Labute approximate surface area is 165 Å². The van der Waals surface area contributed by atoms with Crippen LogP contribution in [0.25, 0.3) is 0 Å². The highest BCUT2D eigenvalue weighted by atomic mass is 16.6. The van der Waals surface area contributed by atoms with Gasteiger partial charge in [0.1, 0.15) is 24.4 Å². The van der Waals surface area contributed by atoms with E-state index in [9.17, 15) is 10.2 Å². The predicted molar refractivity (Wildman–Crippen MR) is 109 cm³/mol. The zero-order valence-corrected chi connectivity index (χ0v) is 17.2. The smallest absolute Gasteiger partial charge is 0.114 e. The van der Waals surface area contributed by atoms with E-state index in [2.05, 4.69) is 19.1 Å². The summed E-state index contributed by atoms with van der Waals surface area (Å²) in [4.78, 5) is 0. The van der Waals surface area contributed by atoms with Gasteiger partial charge in [-0.15, -0.1) is 0 Å². The summed E-state index contributed by atoms with van der Waals surface area (Å²) in [5.74, 6) is 0. The molecule has 5 heteroatoms. The molecule has 0 aromatic heterocycles. The summed E-state index contributed by atoms with van der Waals surface area (Å²) < 4.78 is 11.0. The van der Waals surface area contributed by atoms with Crippen molar-refractivity contribution >= 4 is 0 Å². The number of aliphatic hydroxyl groups excluding tert-OH is 3. The monoisotopic (exact) mass is 386 g/mol.